The summed E-state index contributed by atoms with van der Waals surface area (Å²) in [5.41, 5.74) is 9.80. The quantitative estimate of drug-likeness (QED) is 0.291. The summed E-state index contributed by atoms with van der Waals surface area (Å²) in [6.07, 6.45) is 6.30. The van der Waals surface area contributed by atoms with E-state index in [1.54, 1.807) is 25.3 Å². The van der Waals surface area contributed by atoms with Gasteiger partial charge in [0.1, 0.15) is 22.8 Å². The highest BCUT2D eigenvalue weighted by Crippen LogP contribution is 2.39. The number of pyridine rings is 2. The highest BCUT2D eigenvalue weighted by Gasteiger charge is 2.42. The van der Waals surface area contributed by atoms with Crippen molar-refractivity contribution < 1.29 is 26.7 Å². The van der Waals surface area contributed by atoms with E-state index in [1.807, 2.05) is 26.9 Å². The number of anilines is 1. The number of carbonyl (C=O) groups excluding carboxylic acids is 1. The number of amides is 1. The van der Waals surface area contributed by atoms with Crippen LogP contribution in [0, 0.1) is 12.8 Å². The minimum Gasteiger partial charge on any atom is -0.482 e. The molecule has 4 aromatic rings. The van der Waals surface area contributed by atoms with Crippen LogP contribution in [0.4, 0.5) is 14.6 Å². The fourth-order valence-corrected chi connectivity index (χ4v) is 7.82. The highest BCUT2D eigenvalue weighted by atomic mass is 32.2. The van der Waals surface area contributed by atoms with Gasteiger partial charge in [-0.3, -0.25) is 9.20 Å². The van der Waals surface area contributed by atoms with Crippen molar-refractivity contribution in [2.45, 2.75) is 76.7 Å². The van der Waals surface area contributed by atoms with E-state index >= 15 is 0 Å². The number of halogens is 2. The molecule has 3 fully saturated rings. The molecule has 1 unspecified atom stereocenters. The summed E-state index contributed by atoms with van der Waals surface area (Å²) >= 11 is 0. The van der Waals surface area contributed by atoms with E-state index in [4.69, 9.17) is 15.5 Å². The first kappa shape index (κ1) is 29.0. The summed E-state index contributed by atoms with van der Waals surface area (Å²) in [7, 11) is -2.71. The smallest absolute Gasteiger partial charge is 0.329 e. The maximum Gasteiger partial charge on any atom is 0.329 e. The molecule has 2 saturated heterocycles. The molecule has 44 heavy (non-hydrogen) atoms. The van der Waals surface area contributed by atoms with Crippen LogP contribution < -0.4 is 14.8 Å². The number of aromatic nitrogens is 4. The Morgan fingerprint density at radius 1 is 1.11 bits per heavy atom. The summed E-state index contributed by atoms with van der Waals surface area (Å²) in [6, 6.07) is 8.70. The number of nitrogens with zero attached hydrogens (tertiary/aromatic N) is 6. The van der Waals surface area contributed by atoms with Crippen LogP contribution >= 0.6 is 0 Å². The zero-order chi connectivity index (χ0) is 31.1. The van der Waals surface area contributed by atoms with E-state index in [9.17, 15) is 22.0 Å². The topological polar surface area (TPSA) is 128 Å². The van der Waals surface area contributed by atoms with Gasteiger partial charge >= 0.3 is 6.55 Å². The van der Waals surface area contributed by atoms with Crippen molar-refractivity contribution in [2.75, 3.05) is 17.7 Å². The molecule has 2 N–H and O–H groups in total. The Kier molecular flexibility index (Phi) is 6.85. The first-order valence-electron chi connectivity index (χ1n) is 14.9. The summed E-state index contributed by atoms with van der Waals surface area (Å²) in [4.78, 5) is 25.2. The van der Waals surface area contributed by atoms with Crippen LogP contribution in [0.25, 0.3) is 28.1 Å². The van der Waals surface area contributed by atoms with Gasteiger partial charge in [0.2, 0.25) is 10.0 Å². The van der Waals surface area contributed by atoms with Gasteiger partial charge < -0.3 is 19.9 Å². The van der Waals surface area contributed by atoms with E-state index in [2.05, 4.69) is 4.98 Å². The lowest BCUT2D eigenvalue weighted by Gasteiger charge is -2.37. The van der Waals surface area contributed by atoms with Gasteiger partial charge in [-0.15, -0.1) is 0 Å². The van der Waals surface area contributed by atoms with Gasteiger partial charge in [0, 0.05) is 41.7 Å². The molecule has 14 heteroatoms. The normalized spacial score (nSPS) is 22.0. The van der Waals surface area contributed by atoms with Gasteiger partial charge in [0.15, 0.2) is 5.88 Å². The number of alkyl halides is 2. The average Bonchev–Trinajstić information content (AvgIpc) is 3.55. The SMILES string of the molecule is COc1cc(C(=O)N2C3CC[C@@H]2C[C@H](N)C3)cc2nc(-c3cc4ccc(N(C(F)F)S(C)(=O)=O)nc4n3CC3CC3)c(C)n12. The van der Waals surface area contributed by atoms with Crippen LogP contribution in [0.2, 0.25) is 0 Å². The Balaban J connectivity index is 1.34. The van der Waals surface area contributed by atoms with Gasteiger partial charge in [-0.1, -0.05) is 0 Å². The third-order valence-electron chi connectivity index (χ3n) is 9.25. The van der Waals surface area contributed by atoms with Gasteiger partial charge in [-0.2, -0.15) is 13.1 Å². The molecule has 2 bridgehead atoms. The lowest BCUT2D eigenvalue weighted by molar-refractivity contribution is 0.0574. The van der Waals surface area contributed by atoms with Crippen LogP contribution in [0.1, 0.15) is 54.6 Å². The largest absolute Gasteiger partial charge is 0.482 e. The summed E-state index contributed by atoms with van der Waals surface area (Å²) in [6.45, 7) is -0.786. The molecule has 11 nitrogen and oxygen atoms in total. The summed E-state index contributed by atoms with van der Waals surface area (Å²) in [5, 5.41) is 0.671. The van der Waals surface area contributed by atoms with Crippen molar-refractivity contribution in [3.63, 3.8) is 0 Å². The first-order valence-corrected chi connectivity index (χ1v) is 16.7. The first-order chi connectivity index (χ1) is 20.9. The molecule has 3 atom stereocenters. The number of imidazole rings is 1. The molecule has 1 aliphatic carbocycles. The van der Waals surface area contributed by atoms with Gasteiger partial charge in [0.25, 0.3) is 5.91 Å². The molecule has 0 radical (unpaired) electrons. The number of sulfonamides is 1. The molecular formula is C30H35F2N7O4S. The molecule has 234 valence electrons. The maximum atomic E-state index is 13.8. The molecule has 0 spiro atoms. The predicted molar refractivity (Wildman–Crippen MR) is 161 cm³/mol. The van der Waals surface area contributed by atoms with Crippen molar-refractivity contribution in [3.8, 4) is 17.3 Å². The van der Waals surface area contributed by atoms with Crippen molar-refractivity contribution in [1.82, 2.24) is 23.8 Å². The zero-order valence-corrected chi connectivity index (χ0v) is 25.6. The Labute approximate surface area is 253 Å². The molecular weight excluding hydrogens is 592 g/mol. The van der Waals surface area contributed by atoms with Crippen molar-refractivity contribution in [1.29, 1.82) is 0 Å². The van der Waals surface area contributed by atoms with Gasteiger partial charge in [0.05, 0.1) is 24.8 Å². The van der Waals surface area contributed by atoms with Gasteiger partial charge in [-0.05, 0) is 75.6 Å². The molecule has 4 aromatic heterocycles. The minimum absolute atomic E-state index is 0.0301. The molecule has 6 heterocycles. The number of ether oxygens (including phenoxy) is 1. The molecule has 2 aliphatic heterocycles. The van der Waals surface area contributed by atoms with Crippen LogP contribution in [0.15, 0.2) is 30.3 Å². The fourth-order valence-electron chi connectivity index (χ4n) is 7.09. The number of piperidine rings is 1. The monoisotopic (exact) mass is 627 g/mol. The minimum atomic E-state index is -4.27. The van der Waals surface area contributed by atoms with Crippen LogP contribution in [0.5, 0.6) is 5.88 Å². The van der Waals surface area contributed by atoms with E-state index < -0.39 is 16.6 Å². The van der Waals surface area contributed by atoms with E-state index in [0.717, 1.165) is 56.2 Å². The Morgan fingerprint density at radius 2 is 1.82 bits per heavy atom. The maximum absolute atomic E-state index is 13.8. The lowest BCUT2D eigenvalue weighted by atomic mass is 9.97. The molecule has 3 aliphatic rings. The number of fused-ring (bicyclic) bond motifs is 4. The van der Waals surface area contributed by atoms with Crippen molar-refractivity contribution >= 4 is 38.4 Å². The molecule has 7 rings (SSSR count). The number of hydrogen-bond acceptors (Lipinski definition) is 7. The van der Waals surface area contributed by atoms with Crippen molar-refractivity contribution in [3.05, 3.63) is 41.6 Å². The summed E-state index contributed by atoms with van der Waals surface area (Å²) < 4.78 is 61.6. The number of hydrogen-bond donors (Lipinski definition) is 1. The average molecular weight is 628 g/mol. The van der Waals surface area contributed by atoms with Crippen LogP contribution in [-0.4, -0.2) is 76.2 Å². The van der Waals surface area contributed by atoms with Crippen LogP contribution in [-0.2, 0) is 16.6 Å². The fraction of sp³-hybridized carbons (Fsp3) is 0.500. The summed E-state index contributed by atoms with van der Waals surface area (Å²) in [5.74, 6) is 0.455. The Bertz CT molecular complexity index is 1890. The van der Waals surface area contributed by atoms with Crippen molar-refractivity contribution in [2.24, 2.45) is 11.7 Å². The number of nitrogens with two attached hydrogens (primary N) is 1. The number of rotatable bonds is 8. The third kappa shape index (κ3) is 4.78. The third-order valence-corrected chi connectivity index (χ3v) is 10.3. The zero-order valence-electron chi connectivity index (χ0n) is 24.8. The lowest BCUT2D eigenvalue weighted by Crippen LogP contribution is -2.50. The Hall–Kier alpha value is -3.78. The second kappa shape index (κ2) is 10.4. The molecule has 1 saturated carbocycles. The van der Waals surface area contributed by atoms with E-state index in [-0.39, 0.29) is 34.2 Å². The standard InChI is InChI=1S/C30H35F2N7O4S/c1-16-27(23-10-18-6-9-24(39(30(31)32)44(3,41)42)35-28(18)36(23)15-17-4-5-17)34-25-11-19(12-26(43-2)37(16)25)29(40)38-21-7-8-22(38)14-20(33)13-21/h6,9-12,17,20-22,30H,4-5,7-8,13-15,33H2,1-3H3/t20-,21+,22?/m0/s1. The van der Waals surface area contributed by atoms with Gasteiger partial charge in [-0.25, -0.2) is 18.4 Å². The van der Waals surface area contributed by atoms with E-state index in [1.165, 1.54) is 6.07 Å². The van der Waals surface area contributed by atoms with E-state index in [0.29, 0.717) is 46.3 Å². The number of carbonyl (C=O) groups is 1. The molecule has 1 amide bonds. The Morgan fingerprint density at radius 3 is 2.43 bits per heavy atom. The number of methoxy groups -OCH3 is 1. The second-order valence-corrected chi connectivity index (χ2v) is 14.2. The highest BCUT2D eigenvalue weighted by molar-refractivity contribution is 7.92. The second-order valence-electron chi connectivity index (χ2n) is 12.4. The van der Waals surface area contributed by atoms with Crippen LogP contribution in [0.3, 0.4) is 0 Å². The predicted octanol–water partition coefficient (Wildman–Crippen LogP) is 4.16. The molecule has 0 aromatic carbocycles. The number of aryl methyl sites for hydroxylation is 1.